The summed E-state index contributed by atoms with van der Waals surface area (Å²) in [5.41, 5.74) is 0.713. The van der Waals surface area contributed by atoms with Gasteiger partial charge in [-0.1, -0.05) is 0 Å². The normalized spacial score (nSPS) is 37.3. The van der Waals surface area contributed by atoms with Crippen LogP contribution in [0, 0.1) is 17.3 Å². The van der Waals surface area contributed by atoms with Gasteiger partial charge in [0.15, 0.2) is 5.13 Å². The van der Waals surface area contributed by atoms with Gasteiger partial charge in [0.1, 0.15) is 0 Å². The van der Waals surface area contributed by atoms with E-state index in [2.05, 4.69) is 10.6 Å². The van der Waals surface area contributed by atoms with E-state index in [1.54, 1.807) is 18.3 Å². The van der Waals surface area contributed by atoms with Gasteiger partial charge in [-0.15, -0.1) is 11.3 Å². The van der Waals surface area contributed by atoms with Crippen molar-refractivity contribution >= 4 is 28.3 Å². The minimum absolute atomic E-state index is 0.0371. The molecular formula is C20H27N3O2S. The largest absolute Gasteiger partial charge is 0.351 e. The molecule has 6 heteroatoms. The molecule has 0 aliphatic heterocycles. The van der Waals surface area contributed by atoms with E-state index >= 15 is 0 Å². The summed E-state index contributed by atoms with van der Waals surface area (Å²) in [5, 5.41) is 7.20. The Morgan fingerprint density at radius 3 is 2.54 bits per heavy atom. The first-order valence-corrected chi connectivity index (χ1v) is 10.9. The van der Waals surface area contributed by atoms with Crippen molar-refractivity contribution in [1.82, 2.24) is 10.3 Å². The van der Waals surface area contributed by atoms with Crippen molar-refractivity contribution in [2.24, 2.45) is 17.3 Å². The number of aromatic nitrogens is 1. The van der Waals surface area contributed by atoms with Crippen molar-refractivity contribution in [3.05, 3.63) is 10.6 Å². The number of carbonyl (C=O) groups excluding carboxylic acids is 2. The molecule has 4 atom stereocenters. The smallest absolute Gasteiger partial charge is 0.232 e. The third-order valence-electron chi connectivity index (χ3n) is 7.05. The Bertz CT molecular complexity index is 734. The summed E-state index contributed by atoms with van der Waals surface area (Å²) in [6, 6.07) is 0. The molecule has 4 fully saturated rings. The molecular weight excluding hydrogens is 346 g/mol. The predicted molar refractivity (Wildman–Crippen MR) is 101 cm³/mol. The molecule has 1 heterocycles. The molecule has 4 bridgehead atoms. The van der Waals surface area contributed by atoms with Gasteiger partial charge in [0.05, 0.1) is 11.1 Å². The van der Waals surface area contributed by atoms with Crippen molar-refractivity contribution < 1.29 is 9.59 Å². The van der Waals surface area contributed by atoms with Crippen LogP contribution in [-0.2, 0) is 22.4 Å². The SMILES string of the molecule is CC(=O)NC12C[C@H]3C[C@@H](C1)CC(C(=O)Nc1nc4c(s1)CCCC4)(C3)C2. The van der Waals surface area contributed by atoms with E-state index in [9.17, 15) is 9.59 Å². The van der Waals surface area contributed by atoms with Gasteiger partial charge in [-0.25, -0.2) is 4.98 Å². The van der Waals surface area contributed by atoms with E-state index in [4.69, 9.17) is 4.98 Å². The lowest BCUT2D eigenvalue weighted by molar-refractivity contribution is -0.148. The zero-order valence-electron chi connectivity index (χ0n) is 15.4. The number of nitrogens with one attached hydrogen (secondary N) is 2. The second-order valence-electron chi connectivity index (χ2n) is 9.25. The Balaban J connectivity index is 1.39. The Morgan fingerprint density at radius 2 is 1.85 bits per heavy atom. The summed E-state index contributed by atoms with van der Waals surface area (Å²) in [5.74, 6) is 1.32. The molecule has 140 valence electrons. The second-order valence-corrected chi connectivity index (χ2v) is 10.3. The number of anilines is 1. The van der Waals surface area contributed by atoms with Crippen molar-refractivity contribution in [2.45, 2.75) is 76.7 Å². The molecule has 2 N–H and O–H groups in total. The lowest BCUT2D eigenvalue weighted by atomic mass is 9.46. The van der Waals surface area contributed by atoms with Crippen LogP contribution in [0.2, 0.25) is 0 Å². The maximum Gasteiger partial charge on any atom is 0.232 e. The molecule has 2 unspecified atom stereocenters. The average molecular weight is 374 g/mol. The van der Waals surface area contributed by atoms with Crippen molar-refractivity contribution in [3.8, 4) is 0 Å². The number of fused-ring (bicyclic) bond motifs is 1. The minimum Gasteiger partial charge on any atom is -0.351 e. The fourth-order valence-electron chi connectivity index (χ4n) is 6.68. The van der Waals surface area contributed by atoms with Crippen LogP contribution in [0.4, 0.5) is 5.13 Å². The van der Waals surface area contributed by atoms with E-state index in [-0.39, 0.29) is 22.8 Å². The van der Waals surface area contributed by atoms with Crippen molar-refractivity contribution in [2.75, 3.05) is 5.32 Å². The van der Waals surface area contributed by atoms with E-state index in [0.29, 0.717) is 11.8 Å². The van der Waals surface area contributed by atoms with Gasteiger partial charge in [0, 0.05) is 17.3 Å². The molecule has 0 radical (unpaired) electrons. The summed E-state index contributed by atoms with van der Waals surface area (Å²) in [4.78, 5) is 31.2. The van der Waals surface area contributed by atoms with E-state index in [0.717, 1.165) is 50.1 Å². The van der Waals surface area contributed by atoms with E-state index in [1.807, 2.05) is 0 Å². The zero-order chi connectivity index (χ0) is 17.9. The first kappa shape index (κ1) is 16.7. The molecule has 1 aromatic rings. The second kappa shape index (κ2) is 5.78. The van der Waals surface area contributed by atoms with Crippen LogP contribution >= 0.6 is 11.3 Å². The summed E-state index contributed by atoms with van der Waals surface area (Å²) in [7, 11) is 0. The predicted octanol–water partition coefficient (Wildman–Crippen LogP) is 3.44. The van der Waals surface area contributed by atoms with Gasteiger partial charge in [0.2, 0.25) is 11.8 Å². The lowest BCUT2D eigenvalue weighted by Gasteiger charge is -2.61. The highest BCUT2D eigenvalue weighted by atomic mass is 32.1. The number of carbonyl (C=O) groups is 2. The third-order valence-corrected chi connectivity index (χ3v) is 8.12. The molecule has 2 amide bonds. The molecule has 0 saturated heterocycles. The molecule has 0 spiro atoms. The Morgan fingerprint density at radius 1 is 1.12 bits per heavy atom. The maximum absolute atomic E-state index is 13.3. The molecule has 5 aliphatic rings. The Kier molecular flexibility index (Phi) is 3.72. The Labute approximate surface area is 158 Å². The minimum atomic E-state index is -0.321. The van der Waals surface area contributed by atoms with Crippen LogP contribution < -0.4 is 10.6 Å². The maximum atomic E-state index is 13.3. The molecule has 1 aromatic heterocycles. The molecule has 26 heavy (non-hydrogen) atoms. The fraction of sp³-hybridized carbons (Fsp3) is 0.750. The Hall–Kier alpha value is -1.43. The summed E-state index contributed by atoms with van der Waals surface area (Å²) < 4.78 is 0. The highest BCUT2D eigenvalue weighted by molar-refractivity contribution is 7.15. The number of nitrogens with zero attached hydrogens (tertiary/aromatic N) is 1. The van der Waals surface area contributed by atoms with Crippen molar-refractivity contribution in [1.29, 1.82) is 0 Å². The monoisotopic (exact) mass is 373 g/mol. The third kappa shape index (κ3) is 2.68. The number of aryl methyl sites for hydroxylation is 2. The number of amides is 2. The number of thiazole rings is 1. The quantitative estimate of drug-likeness (QED) is 0.853. The standard InChI is InChI=1S/C20H27N3O2S/c1-12(24)23-20-9-13-6-14(10-20)8-19(7-13,11-20)17(25)22-18-21-15-4-2-3-5-16(15)26-18/h13-14H,2-11H2,1H3,(H,23,24)(H,21,22,25)/t13-,14+,19?,20?. The number of hydrogen-bond acceptors (Lipinski definition) is 4. The highest BCUT2D eigenvalue weighted by Crippen LogP contribution is 2.62. The van der Waals surface area contributed by atoms with Gasteiger partial charge in [-0.05, 0) is 76.0 Å². The van der Waals surface area contributed by atoms with Crippen LogP contribution in [0.15, 0.2) is 0 Å². The molecule has 4 saturated carbocycles. The molecule has 5 aliphatic carbocycles. The van der Waals surface area contributed by atoms with Crippen LogP contribution in [0.5, 0.6) is 0 Å². The molecule has 0 aromatic carbocycles. The van der Waals surface area contributed by atoms with Gasteiger partial charge in [-0.2, -0.15) is 0 Å². The van der Waals surface area contributed by atoms with Crippen LogP contribution in [0.25, 0.3) is 0 Å². The van der Waals surface area contributed by atoms with Crippen LogP contribution in [0.1, 0.15) is 68.9 Å². The van der Waals surface area contributed by atoms with E-state index < -0.39 is 0 Å². The fourth-order valence-corrected chi connectivity index (χ4v) is 7.73. The highest BCUT2D eigenvalue weighted by Gasteiger charge is 2.61. The first-order valence-electron chi connectivity index (χ1n) is 10.0. The van der Waals surface area contributed by atoms with E-state index in [1.165, 1.54) is 29.8 Å². The topological polar surface area (TPSA) is 71.1 Å². The molecule has 5 nitrogen and oxygen atoms in total. The summed E-state index contributed by atoms with van der Waals surface area (Å²) in [6.45, 7) is 1.60. The van der Waals surface area contributed by atoms with Gasteiger partial charge < -0.3 is 10.6 Å². The van der Waals surface area contributed by atoms with Crippen molar-refractivity contribution in [3.63, 3.8) is 0 Å². The average Bonchev–Trinajstić information content (AvgIpc) is 2.94. The summed E-state index contributed by atoms with van der Waals surface area (Å²) >= 11 is 1.66. The van der Waals surface area contributed by atoms with Gasteiger partial charge in [-0.3, -0.25) is 9.59 Å². The van der Waals surface area contributed by atoms with Crippen LogP contribution in [-0.4, -0.2) is 22.3 Å². The number of rotatable bonds is 3. The van der Waals surface area contributed by atoms with Gasteiger partial charge >= 0.3 is 0 Å². The molecule has 6 rings (SSSR count). The summed E-state index contributed by atoms with van der Waals surface area (Å²) in [6.07, 6.45) is 10.6. The van der Waals surface area contributed by atoms with Crippen LogP contribution in [0.3, 0.4) is 0 Å². The lowest BCUT2D eigenvalue weighted by Crippen LogP contribution is -2.65. The van der Waals surface area contributed by atoms with Gasteiger partial charge in [0.25, 0.3) is 0 Å². The first-order chi connectivity index (χ1) is 12.5. The number of hydrogen-bond donors (Lipinski definition) is 2. The zero-order valence-corrected chi connectivity index (χ0v) is 16.2.